The van der Waals surface area contributed by atoms with Crippen molar-refractivity contribution in [1.29, 1.82) is 0 Å². The zero-order valence-electron chi connectivity index (χ0n) is 11.5. The molecular weight excluding hydrogens is 392 g/mol. The van der Waals surface area contributed by atoms with Crippen molar-refractivity contribution >= 4 is 37.6 Å². The lowest BCUT2D eigenvalue weighted by Crippen LogP contribution is -2.33. The van der Waals surface area contributed by atoms with E-state index in [9.17, 15) is 13.5 Å². The van der Waals surface area contributed by atoms with Crippen molar-refractivity contribution in [2.45, 2.75) is 11.4 Å². The second-order valence-electron chi connectivity index (χ2n) is 4.49. The first-order valence-corrected chi connectivity index (χ1v) is 9.02. The molecule has 0 bridgehead atoms. The Labute approximate surface area is 142 Å². The number of pyridine rings is 1. The van der Waals surface area contributed by atoms with Gasteiger partial charge in [0.25, 0.3) is 0 Å². The summed E-state index contributed by atoms with van der Waals surface area (Å²) < 4.78 is 27.0. The summed E-state index contributed by atoms with van der Waals surface area (Å²) in [5.74, 6) is 0. The first kappa shape index (κ1) is 17.4. The highest BCUT2D eigenvalue weighted by Crippen LogP contribution is 2.25. The van der Waals surface area contributed by atoms with E-state index in [4.69, 9.17) is 11.6 Å². The van der Waals surface area contributed by atoms with Crippen LogP contribution in [0.2, 0.25) is 5.15 Å². The van der Waals surface area contributed by atoms with Crippen molar-refractivity contribution in [2.24, 2.45) is 0 Å². The van der Waals surface area contributed by atoms with Crippen LogP contribution in [0.25, 0.3) is 0 Å². The molecule has 5 nitrogen and oxygen atoms in total. The molecule has 2 aromatic rings. The highest BCUT2D eigenvalue weighted by molar-refractivity contribution is 9.10. The number of hydrogen-bond acceptors (Lipinski definition) is 4. The number of sulfonamides is 1. The summed E-state index contributed by atoms with van der Waals surface area (Å²) in [6.45, 7) is -0.101. The third-order valence-electron chi connectivity index (χ3n) is 2.96. The molecule has 0 spiro atoms. The quantitative estimate of drug-likeness (QED) is 0.750. The lowest BCUT2D eigenvalue weighted by Gasteiger charge is -2.21. The summed E-state index contributed by atoms with van der Waals surface area (Å²) in [6, 6.07) is 10.6. The van der Waals surface area contributed by atoms with Crippen LogP contribution in [-0.4, -0.2) is 36.0 Å². The molecule has 1 N–H and O–H groups in total. The maximum absolute atomic E-state index is 12.7. The smallest absolute Gasteiger partial charge is 0.245 e. The molecule has 2 rings (SSSR count). The van der Waals surface area contributed by atoms with Crippen LogP contribution in [0.15, 0.2) is 52.0 Å². The van der Waals surface area contributed by atoms with E-state index in [1.54, 1.807) is 0 Å². The lowest BCUT2D eigenvalue weighted by atomic mass is 10.2. The zero-order chi connectivity index (χ0) is 16.2. The minimum atomic E-state index is -3.78. The van der Waals surface area contributed by atoms with Crippen LogP contribution < -0.4 is 0 Å². The molecule has 0 saturated carbocycles. The van der Waals surface area contributed by atoms with Gasteiger partial charge in [-0.25, -0.2) is 13.4 Å². The fourth-order valence-electron chi connectivity index (χ4n) is 1.88. The van der Waals surface area contributed by atoms with E-state index >= 15 is 0 Å². The molecule has 0 aliphatic heterocycles. The summed E-state index contributed by atoms with van der Waals surface area (Å²) in [5.41, 5.74) is 0.834. The van der Waals surface area contributed by atoms with Gasteiger partial charge in [-0.15, -0.1) is 0 Å². The Bertz CT molecular complexity index is 741. The Morgan fingerprint density at radius 3 is 2.55 bits per heavy atom. The van der Waals surface area contributed by atoms with E-state index in [0.717, 1.165) is 5.56 Å². The van der Waals surface area contributed by atoms with Gasteiger partial charge < -0.3 is 5.11 Å². The Balaban J connectivity index is 2.35. The summed E-state index contributed by atoms with van der Waals surface area (Å²) >= 11 is 8.96. The maximum atomic E-state index is 12.7. The predicted molar refractivity (Wildman–Crippen MR) is 88.1 cm³/mol. The third-order valence-corrected chi connectivity index (χ3v) is 5.90. The number of halogens is 2. The molecule has 1 aromatic carbocycles. The van der Waals surface area contributed by atoms with Crippen LogP contribution in [0.1, 0.15) is 5.56 Å². The number of rotatable bonds is 6. The first-order valence-electron chi connectivity index (χ1n) is 6.41. The van der Waals surface area contributed by atoms with Gasteiger partial charge in [0.2, 0.25) is 10.0 Å². The predicted octanol–water partition coefficient (Wildman–Crippen LogP) is 2.68. The van der Waals surface area contributed by atoms with Gasteiger partial charge in [-0.2, -0.15) is 4.31 Å². The maximum Gasteiger partial charge on any atom is 0.245 e. The van der Waals surface area contributed by atoms with Gasteiger partial charge >= 0.3 is 0 Å². The number of nitrogens with zero attached hydrogens (tertiary/aromatic N) is 2. The normalized spacial score (nSPS) is 11.8. The standard InChI is InChI=1S/C14H14BrClN2O3S/c15-13-8-12(9-17-14(13)16)22(20,21)18(6-7-19)10-11-4-2-1-3-5-11/h1-5,8-9,19H,6-7,10H2. The molecule has 0 amide bonds. The molecule has 22 heavy (non-hydrogen) atoms. The van der Waals surface area contributed by atoms with E-state index in [1.165, 1.54) is 16.6 Å². The second kappa shape index (κ2) is 7.52. The van der Waals surface area contributed by atoms with Crippen molar-refractivity contribution in [3.63, 3.8) is 0 Å². The van der Waals surface area contributed by atoms with Crippen molar-refractivity contribution in [3.8, 4) is 0 Å². The van der Waals surface area contributed by atoms with Crippen LogP contribution in [0, 0.1) is 0 Å². The van der Waals surface area contributed by atoms with Crippen molar-refractivity contribution in [1.82, 2.24) is 9.29 Å². The van der Waals surface area contributed by atoms with E-state index in [2.05, 4.69) is 20.9 Å². The zero-order valence-corrected chi connectivity index (χ0v) is 14.6. The summed E-state index contributed by atoms with van der Waals surface area (Å²) in [4.78, 5) is 3.87. The molecule has 118 valence electrons. The molecule has 0 fully saturated rings. The number of aromatic nitrogens is 1. The average Bonchev–Trinajstić information content (AvgIpc) is 2.50. The molecule has 0 atom stereocenters. The van der Waals surface area contributed by atoms with Gasteiger partial charge in [0.1, 0.15) is 10.0 Å². The van der Waals surface area contributed by atoms with Crippen molar-refractivity contribution < 1.29 is 13.5 Å². The fourth-order valence-corrected chi connectivity index (χ4v) is 3.87. The Morgan fingerprint density at radius 1 is 1.27 bits per heavy atom. The van der Waals surface area contributed by atoms with Crippen LogP contribution in [-0.2, 0) is 16.6 Å². The summed E-state index contributed by atoms with van der Waals surface area (Å²) in [7, 11) is -3.78. The number of hydrogen-bond donors (Lipinski definition) is 1. The van der Waals surface area contributed by atoms with Crippen LogP contribution in [0.4, 0.5) is 0 Å². The van der Waals surface area contributed by atoms with Gasteiger partial charge in [0.05, 0.1) is 11.1 Å². The highest BCUT2D eigenvalue weighted by Gasteiger charge is 2.25. The molecule has 8 heteroatoms. The topological polar surface area (TPSA) is 70.5 Å². The Hall–Kier alpha value is -0.990. The highest BCUT2D eigenvalue weighted by atomic mass is 79.9. The first-order chi connectivity index (χ1) is 10.4. The lowest BCUT2D eigenvalue weighted by molar-refractivity contribution is 0.251. The number of aliphatic hydroxyl groups excluding tert-OH is 1. The van der Waals surface area contributed by atoms with Gasteiger partial charge in [0.15, 0.2) is 0 Å². The molecular formula is C14H14BrClN2O3S. The Kier molecular flexibility index (Phi) is 5.94. The summed E-state index contributed by atoms with van der Waals surface area (Å²) in [6.07, 6.45) is 1.21. The van der Waals surface area contributed by atoms with E-state index in [1.807, 2.05) is 30.3 Å². The second-order valence-corrected chi connectivity index (χ2v) is 7.64. The molecule has 0 saturated heterocycles. The molecule has 0 radical (unpaired) electrons. The van der Waals surface area contributed by atoms with Crippen molar-refractivity contribution in [2.75, 3.05) is 13.2 Å². The molecule has 1 aromatic heterocycles. The fraction of sp³-hybridized carbons (Fsp3) is 0.214. The number of benzene rings is 1. The van der Waals surface area contributed by atoms with Crippen LogP contribution in [0.3, 0.4) is 0 Å². The van der Waals surface area contributed by atoms with Crippen LogP contribution in [0.5, 0.6) is 0 Å². The Morgan fingerprint density at radius 2 is 1.95 bits per heavy atom. The van der Waals surface area contributed by atoms with E-state index in [0.29, 0.717) is 4.47 Å². The number of aliphatic hydroxyl groups is 1. The average molecular weight is 406 g/mol. The van der Waals surface area contributed by atoms with E-state index in [-0.39, 0.29) is 29.7 Å². The molecule has 0 aliphatic carbocycles. The molecule has 1 heterocycles. The van der Waals surface area contributed by atoms with Gasteiger partial charge in [-0.3, -0.25) is 0 Å². The van der Waals surface area contributed by atoms with Gasteiger partial charge in [-0.1, -0.05) is 41.9 Å². The van der Waals surface area contributed by atoms with Gasteiger partial charge in [0, 0.05) is 19.3 Å². The molecule has 0 unspecified atom stereocenters. The third kappa shape index (κ3) is 4.05. The molecule has 0 aliphatic rings. The van der Waals surface area contributed by atoms with Crippen LogP contribution >= 0.6 is 27.5 Å². The minimum absolute atomic E-state index is 0.00251. The summed E-state index contributed by atoms with van der Waals surface area (Å²) in [5, 5.41) is 9.36. The minimum Gasteiger partial charge on any atom is -0.395 e. The monoisotopic (exact) mass is 404 g/mol. The SMILES string of the molecule is O=S(=O)(c1cnc(Cl)c(Br)c1)N(CCO)Cc1ccccc1. The van der Waals surface area contributed by atoms with E-state index < -0.39 is 10.0 Å². The largest absolute Gasteiger partial charge is 0.395 e. The van der Waals surface area contributed by atoms with Crippen molar-refractivity contribution in [3.05, 3.63) is 57.8 Å². The van der Waals surface area contributed by atoms with Gasteiger partial charge in [-0.05, 0) is 27.6 Å².